The van der Waals surface area contributed by atoms with Crippen molar-refractivity contribution in [2.75, 3.05) is 5.32 Å². The fraction of sp³-hybridized carbons (Fsp3) is 0.417. The topological polar surface area (TPSA) is 91.3 Å². The molecular weight excluding hydrogens is 234 g/mol. The van der Waals surface area contributed by atoms with Crippen LogP contribution in [0.4, 0.5) is 5.82 Å². The summed E-state index contributed by atoms with van der Waals surface area (Å²) in [6.45, 7) is 5.43. The SMILES string of the molecule is CC(C)NC(=O)C(C)Nc1cccc(C(=O)O)n1. The molecule has 0 fully saturated rings. The normalized spacial score (nSPS) is 12.0. The van der Waals surface area contributed by atoms with Crippen LogP contribution in [0.15, 0.2) is 18.2 Å². The number of nitrogens with one attached hydrogen (secondary N) is 2. The average Bonchev–Trinajstić information content (AvgIpc) is 2.28. The highest BCUT2D eigenvalue weighted by Gasteiger charge is 2.14. The van der Waals surface area contributed by atoms with Crippen molar-refractivity contribution >= 4 is 17.7 Å². The summed E-state index contributed by atoms with van der Waals surface area (Å²) in [5.74, 6) is -0.897. The van der Waals surface area contributed by atoms with E-state index in [9.17, 15) is 9.59 Å². The Hall–Kier alpha value is -2.11. The van der Waals surface area contributed by atoms with E-state index in [0.29, 0.717) is 5.82 Å². The Kier molecular flexibility index (Phi) is 4.65. The van der Waals surface area contributed by atoms with Gasteiger partial charge in [-0.15, -0.1) is 0 Å². The Labute approximate surface area is 105 Å². The fourth-order valence-electron chi connectivity index (χ4n) is 1.33. The second-order valence-corrected chi connectivity index (χ2v) is 4.24. The van der Waals surface area contributed by atoms with Crippen LogP contribution in [0.25, 0.3) is 0 Å². The standard InChI is InChI=1S/C12H17N3O3/c1-7(2)13-11(16)8(3)14-10-6-4-5-9(15-10)12(17)18/h4-8H,1-3H3,(H,13,16)(H,14,15)(H,17,18). The van der Waals surface area contributed by atoms with Gasteiger partial charge in [0.2, 0.25) is 5.91 Å². The highest BCUT2D eigenvalue weighted by Crippen LogP contribution is 2.06. The number of aromatic nitrogens is 1. The monoisotopic (exact) mass is 251 g/mol. The molecule has 0 aromatic carbocycles. The van der Waals surface area contributed by atoms with E-state index in [2.05, 4.69) is 15.6 Å². The van der Waals surface area contributed by atoms with Gasteiger partial charge in [-0.3, -0.25) is 4.79 Å². The minimum Gasteiger partial charge on any atom is -0.477 e. The van der Waals surface area contributed by atoms with Crippen LogP contribution in [0.5, 0.6) is 0 Å². The number of carbonyl (C=O) groups excluding carboxylic acids is 1. The smallest absolute Gasteiger partial charge is 0.354 e. The largest absolute Gasteiger partial charge is 0.477 e. The molecule has 6 heteroatoms. The zero-order valence-corrected chi connectivity index (χ0v) is 10.6. The van der Waals surface area contributed by atoms with Crippen LogP contribution in [0.3, 0.4) is 0 Å². The molecule has 18 heavy (non-hydrogen) atoms. The molecule has 3 N–H and O–H groups in total. The summed E-state index contributed by atoms with van der Waals surface area (Å²) < 4.78 is 0. The Morgan fingerprint density at radius 1 is 1.28 bits per heavy atom. The fourth-order valence-corrected chi connectivity index (χ4v) is 1.33. The van der Waals surface area contributed by atoms with Crippen molar-refractivity contribution in [1.82, 2.24) is 10.3 Å². The number of pyridine rings is 1. The quantitative estimate of drug-likeness (QED) is 0.729. The van der Waals surface area contributed by atoms with Crippen molar-refractivity contribution in [2.45, 2.75) is 32.9 Å². The maximum Gasteiger partial charge on any atom is 0.354 e. The van der Waals surface area contributed by atoms with Crippen LogP contribution in [0, 0.1) is 0 Å². The number of carbonyl (C=O) groups is 2. The molecule has 1 atom stereocenters. The third-order valence-corrected chi connectivity index (χ3v) is 2.16. The van der Waals surface area contributed by atoms with E-state index in [1.165, 1.54) is 6.07 Å². The lowest BCUT2D eigenvalue weighted by Crippen LogP contribution is -2.41. The predicted octanol–water partition coefficient (Wildman–Crippen LogP) is 1.10. The van der Waals surface area contributed by atoms with Gasteiger partial charge in [-0.05, 0) is 32.9 Å². The van der Waals surface area contributed by atoms with Gasteiger partial charge in [-0.2, -0.15) is 0 Å². The molecular formula is C12H17N3O3. The lowest BCUT2D eigenvalue weighted by atomic mass is 10.2. The molecule has 1 heterocycles. The Balaban J connectivity index is 2.69. The third-order valence-electron chi connectivity index (χ3n) is 2.16. The molecule has 0 radical (unpaired) electrons. The van der Waals surface area contributed by atoms with E-state index in [1.54, 1.807) is 19.1 Å². The summed E-state index contributed by atoms with van der Waals surface area (Å²) in [7, 11) is 0. The predicted molar refractivity (Wildman–Crippen MR) is 67.6 cm³/mol. The van der Waals surface area contributed by atoms with Gasteiger partial charge in [0, 0.05) is 6.04 Å². The van der Waals surface area contributed by atoms with Crippen molar-refractivity contribution in [2.24, 2.45) is 0 Å². The number of anilines is 1. The molecule has 98 valence electrons. The van der Waals surface area contributed by atoms with Gasteiger partial charge in [0.15, 0.2) is 5.69 Å². The number of carboxylic acids is 1. The van der Waals surface area contributed by atoms with E-state index >= 15 is 0 Å². The van der Waals surface area contributed by atoms with E-state index in [1.807, 2.05) is 13.8 Å². The molecule has 0 aliphatic carbocycles. The van der Waals surface area contributed by atoms with Crippen molar-refractivity contribution in [1.29, 1.82) is 0 Å². The average molecular weight is 251 g/mol. The maximum absolute atomic E-state index is 11.7. The molecule has 0 saturated carbocycles. The zero-order chi connectivity index (χ0) is 13.7. The van der Waals surface area contributed by atoms with Gasteiger partial charge in [0.25, 0.3) is 0 Å². The first-order valence-electron chi connectivity index (χ1n) is 5.67. The van der Waals surface area contributed by atoms with Gasteiger partial charge in [0.1, 0.15) is 11.9 Å². The number of hydrogen-bond donors (Lipinski definition) is 3. The lowest BCUT2D eigenvalue weighted by Gasteiger charge is -2.16. The number of amides is 1. The third kappa shape index (κ3) is 4.04. The van der Waals surface area contributed by atoms with Crippen LogP contribution in [0.1, 0.15) is 31.3 Å². The molecule has 0 spiro atoms. The zero-order valence-electron chi connectivity index (χ0n) is 10.6. The van der Waals surface area contributed by atoms with Crippen molar-refractivity contribution in [3.63, 3.8) is 0 Å². The number of carboxylic acid groups (broad SMARTS) is 1. The summed E-state index contributed by atoms with van der Waals surface area (Å²) in [4.78, 5) is 26.3. The molecule has 1 aromatic rings. The van der Waals surface area contributed by atoms with Gasteiger partial charge in [0.05, 0.1) is 0 Å². The number of aromatic carboxylic acids is 1. The molecule has 0 aliphatic heterocycles. The summed E-state index contributed by atoms with van der Waals surface area (Å²) in [6, 6.07) is 4.16. The molecule has 0 bridgehead atoms. The number of hydrogen-bond acceptors (Lipinski definition) is 4. The molecule has 1 amide bonds. The van der Waals surface area contributed by atoms with Gasteiger partial charge < -0.3 is 15.7 Å². The summed E-state index contributed by atoms with van der Waals surface area (Å²) in [5, 5.41) is 14.4. The van der Waals surface area contributed by atoms with Crippen molar-refractivity contribution < 1.29 is 14.7 Å². The van der Waals surface area contributed by atoms with E-state index in [-0.39, 0.29) is 17.6 Å². The summed E-state index contributed by atoms with van der Waals surface area (Å²) >= 11 is 0. The second-order valence-electron chi connectivity index (χ2n) is 4.24. The van der Waals surface area contributed by atoms with Crippen LogP contribution in [0.2, 0.25) is 0 Å². The van der Waals surface area contributed by atoms with E-state index in [4.69, 9.17) is 5.11 Å². The second kappa shape index (κ2) is 6.00. The minimum atomic E-state index is -1.10. The minimum absolute atomic E-state index is 0.0556. The molecule has 0 saturated heterocycles. The highest BCUT2D eigenvalue weighted by molar-refractivity contribution is 5.86. The van der Waals surface area contributed by atoms with Crippen LogP contribution in [-0.4, -0.2) is 34.1 Å². The number of rotatable bonds is 5. The summed E-state index contributed by atoms with van der Waals surface area (Å²) in [6.07, 6.45) is 0. The van der Waals surface area contributed by atoms with E-state index < -0.39 is 12.0 Å². The first-order chi connectivity index (χ1) is 8.40. The summed E-state index contributed by atoms with van der Waals surface area (Å²) in [5.41, 5.74) is -0.0588. The maximum atomic E-state index is 11.7. The molecule has 0 aliphatic rings. The highest BCUT2D eigenvalue weighted by atomic mass is 16.4. The van der Waals surface area contributed by atoms with Crippen molar-refractivity contribution in [3.05, 3.63) is 23.9 Å². The number of nitrogens with zero attached hydrogens (tertiary/aromatic N) is 1. The lowest BCUT2D eigenvalue weighted by molar-refractivity contribution is -0.122. The van der Waals surface area contributed by atoms with Gasteiger partial charge in [-0.1, -0.05) is 6.07 Å². The molecule has 1 unspecified atom stereocenters. The van der Waals surface area contributed by atoms with Crippen LogP contribution >= 0.6 is 0 Å². The first kappa shape index (κ1) is 14.0. The van der Waals surface area contributed by atoms with E-state index in [0.717, 1.165) is 0 Å². The Morgan fingerprint density at radius 2 is 1.94 bits per heavy atom. The van der Waals surface area contributed by atoms with Gasteiger partial charge >= 0.3 is 5.97 Å². The van der Waals surface area contributed by atoms with Crippen LogP contribution < -0.4 is 10.6 Å². The van der Waals surface area contributed by atoms with Crippen LogP contribution in [-0.2, 0) is 4.79 Å². The Bertz CT molecular complexity index is 446. The molecule has 6 nitrogen and oxygen atoms in total. The van der Waals surface area contributed by atoms with Gasteiger partial charge in [-0.25, -0.2) is 9.78 Å². The molecule has 1 rings (SSSR count). The Morgan fingerprint density at radius 3 is 2.50 bits per heavy atom. The van der Waals surface area contributed by atoms with Crippen molar-refractivity contribution in [3.8, 4) is 0 Å². The first-order valence-corrected chi connectivity index (χ1v) is 5.67. The molecule has 1 aromatic heterocycles.